The van der Waals surface area contributed by atoms with E-state index in [4.69, 9.17) is 4.98 Å². The summed E-state index contributed by atoms with van der Waals surface area (Å²) < 4.78 is 5.02. The predicted octanol–water partition coefficient (Wildman–Crippen LogP) is 5.86. The number of aromatic nitrogens is 3. The van der Waals surface area contributed by atoms with Gasteiger partial charge in [0, 0.05) is 64.2 Å². The van der Waals surface area contributed by atoms with Crippen molar-refractivity contribution in [2.24, 2.45) is 0 Å². The highest BCUT2D eigenvalue weighted by Gasteiger charge is 2.44. The second kappa shape index (κ2) is 8.48. The molecule has 3 aromatic heterocycles. The zero-order valence-corrected chi connectivity index (χ0v) is 27.1. The molecule has 0 unspecified atom stereocenters. The van der Waals surface area contributed by atoms with Gasteiger partial charge in [-0.3, -0.25) is 4.98 Å². The molecule has 0 aliphatic carbocycles. The molecule has 0 amide bonds. The van der Waals surface area contributed by atoms with Crippen molar-refractivity contribution >= 4 is 113 Å². The molecule has 0 atom stereocenters. The molecule has 218 valence electrons. The Bertz CT molecular complexity index is 2790. The lowest BCUT2D eigenvalue weighted by Crippen LogP contribution is -2.62. The topological polar surface area (TPSA) is 22.8 Å². The first-order chi connectivity index (χ1) is 23.8. The number of hydrogen-bond donors (Lipinski definition) is 0. The van der Waals surface area contributed by atoms with Gasteiger partial charge in [0.05, 0.1) is 16.1 Å². The first kappa shape index (κ1) is 25.0. The quantitative estimate of drug-likeness (QED) is 0.194. The van der Waals surface area contributed by atoms with Gasteiger partial charge in [-0.05, 0) is 69.8 Å². The van der Waals surface area contributed by atoms with E-state index < -0.39 is 0 Å². The van der Waals surface area contributed by atoms with E-state index in [1.807, 2.05) is 23.5 Å². The van der Waals surface area contributed by atoms with Crippen molar-refractivity contribution in [1.29, 1.82) is 0 Å². The molecule has 4 aliphatic heterocycles. The Morgan fingerprint density at radius 3 is 1.67 bits per heavy atom. The van der Waals surface area contributed by atoms with Gasteiger partial charge in [-0.25, -0.2) is 0 Å². The van der Waals surface area contributed by atoms with Crippen LogP contribution in [0.4, 0.5) is 0 Å². The number of nitrogens with zero attached hydrogens (tertiary/aromatic N) is 3. The summed E-state index contributed by atoms with van der Waals surface area (Å²) in [5, 5.41) is 6.41. The molecule has 0 radical (unpaired) electrons. The van der Waals surface area contributed by atoms with Crippen LogP contribution in [0.15, 0.2) is 147 Å². The smallest absolute Gasteiger partial charge is 0.272 e. The van der Waals surface area contributed by atoms with E-state index in [-0.39, 0.29) is 13.4 Å². The van der Waals surface area contributed by atoms with Gasteiger partial charge in [0.1, 0.15) is 0 Å². The molecule has 0 saturated carbocycles. The highest BCUT2D eigenvalue weighted by molar-refractivity contribution is 8.00. The largest absolute Gasteiger partial charge is 0.310 e. The maximum Gasteiger partial charge on any atom is 0.272 e. The summed E-state index contributed by atoms with van der Waals surface area (Å²) in [6, 6.07) is 47.8. The van der Waals surface area contributed by atoms with Gasteiger partial charge in [-0.15, -0.1) is 0 Å². The Morgan fingerprint density at radius 2 is 1.00 bits per heavy atom. The molecule has 6 aromatic carbocycles. The molecule has 48 heavy (non-hydrogen) atoms. The summed E-state index contributed by atoms with van der Waals surface area (Å²) >= 11 is 3.76. The highest BCUT2D eigenvalue weighted by Crippen LogP contribution is 2.41. The number of benzene rings is 6. The minimum absolute atomic E-state index is 0.0870. The van der Waals surface area contributed by atoms with E-state index in [0.29, 0.717) is 0 Å². The monoisotopic (exact) mass is 641 g/mol. The van der Waals surface area contributed by atoms with Crippen LogP contribution in [0.3, 0.4) is 0 Å². The van der Waals surface area contributed by atoms with Crippen molar-refractivity contribution in [3.05, 3.63) is 127 Å². The van der Waals surface area contributed by atoms with E-state index in [1.54, 1.807) is 0 Å². The molecule has 9 aromatic rings. The minimum Gasteiger partial charge on any atom is -0.310 e. The van der Waals surface area contributed by atoms with E-state index in [1.165, 1.54) is 103 Å². The lowest BCUT2D eigenvalue weighted by atomic mass is 9.34. The van der Waals surface area contributed by atoms with Crippen molar-refractivity contribution in [1.82, 2.24) is 14.1 Å². The number of hydrogen-bond acceptors (Lipinski definition) is 3. The Labute approximate surface area is 284 Å². The summed E-state index contributed by atoms with van der Waals surface area (Å²) in [5.41, 5.74) is 15.8. The molecule has 3 nitrogen and oxygen atoms in total. The van der Waals surface area contributed by atoms with Gasteiger partial charge < -0.3 is 9.13 Å². The molecule has 7 heteroatoms. The van der Waals surface area contributed by atoms with E-state index >= 15 is 0 Å². The lowest BCUT2D eigenvalue weighted by molar-refractivity contribution is 1.12. The number of para-hydroxylation sites is 4. The second-order valence-electron chi connectivity index (χ2n) is 13.4. The Hall–Kier alpha value is -5.10. The molecule has 4 aliphatic rings. The van der Waals surface area contributed by atoms with E-state index in [9.17, 15) is 0 Å². The first-order valence-electron chi connectivity index (χ1n) is 16.5. The first-order valence-corrected chi connectivity index (χ1v) is 18.2. The Kier molecular flexibility index (Phi) is 4.42. The Balaban J connectivity index is 1.11. The SMILES string of the molecule is c1cc2c3c(c1)-n1c4ccccc4c4cccc(c41)B3c1cc3c(nc1S2)B1c2c(cccc2-n2c4ccccc4c4cccc1c42)S3. The molecular formula is C41H21B2N3S2. The average Bonchev–Trinajstić information content (AvgIpc) is 3.66. The summed E-state index contributed by atoms with van der Waals surface area (Å²) in [6.07, 6.45) is 0. The summed E-state index contributed by atoms with van der Waals surface area (Å²) in [6.45, 7) is 0.223. The predicted molar refractivity (Wildman–Crippen MR) is 203 cm³/mol. The highest BCUT2D eigenvalue weighted by atomic mass is 32.2. The van der Waals surface area contributed by atoms with Crippen LogP contribution in [0.25, 0.3) is 55.0 Å². The van der Waals surface area contributed by atoms with Crippen LogP contribution in [0.5, 0.6) is 0 Å². The fraction of sp³-hybridized carbons (Fsp3) is 0. The molecule has 0 spiro atoms. The summed E-state index contributed by atoms with van der Waals surface area (Å²) in [5.74, 6) is 0. The van der Waals surface area contributed by atoms with E-state index in [2.05, 4.69) is 137 Å². The standard InChI is InChI=1S/C41H21B2N3S2/c1-3-15-29-22(9-1)24-11-5-13-26-38(24)45(29)31-17-8-20-34-36(31)42(26)28-21-35-40(44-41(28)48-34)43-27-14-6-12-25-23-10-2-4-16-30(23)46(39(25)27)32-18-7-19-33(47-35)37(32)43/h1-21H. The Morgan fingerprint density at radius 1 is 0.458 bits per heavy atom. The summed E-state index contributed by atoms with van der Waals surface area (Å²) in [7, 11) is 0. The molecule has 7 heterocycles. The second-order valence-corrected chi connectivity index (χ2v) is 15.5. The van der Waals surface area contributed by atoms with Crippen LogP contribution >= 0.6 is 23.5 Å². The third-order valence-corrected chi connectivity index (χ3v) is 13.5. The van der Waals surface area contributed by atoms with Gasteiger partial charge in [0.15, 0.2) is 0 Å². The zero-order chi connectivity index (χ0) is 30.8. The molecule has 0 saturated heterocycles. The molecule has 0 N–H and O–H groups in total. The van der Waals surface area contributed by atoms with Gasteiger partial charge in [-0.1, -0.05) is 108 Å². The minimum atomic E-state index is 0.0870. The van der Waals surface area contributed by atoms with Crippen LogP contribution in [0.1, 0.15) is 0 Å². The summed E-state index contributed by atoms with van der Waals surface area (Å²) in [4.78, 5) is 9.66. The van der Waals surface area contributed by atoms with Crippen molar-refractivity contribution in [3.63, 3.8) is 0 Å². The average molecular weight is 641 g/mol. The third kappa shape index (κ3) is 2.79. The van der Waals surface area contributed by atoms with Crippen molar-refractivity contribution in [2.45, 2.75) is 19.7 Å². The molecule has 0 fully saturated rings. The molecule has 13 rings (SSSR count). The van der Waals surface area contributed by atoms with Crippen LogP contribution in [0, 0.1) is 0 Å². The maximum absolute atomic E-state index is 5.73. The van der Waals surface area contributed by atoms with Gasteiger partial charge in [0.2, 0.25) is 0 Å². The normalized spacial score (nSPS) is 14.4. The van der Waals surface area contributed by atoms with Gasteiger partial charge in [0.25, 0.3) is 13.4 Å². The van der Waals surface area contributed by atoms with Crippen LogP contribution in [-0.4, -0.2) is 27.5 Å². The zero-order valence-electron chi connectivity index (χ0n) is 25.4. The fourth-order valence-electron chi connectivity index (χ4n) is 9.49. The maximum atomic E-state index is 5.73. The van der Waals surface area contributed by atoms with E-state index in [0.717, 1.165) is 5.03 Å². The van der Waals surface area contributed by atoms with Crippen molar-refractivity contribution < 1.29 is 0 Å². The van der Waals surface area contributed by atoms with Crippen LogP contribution < -0.4 is 32.9 Å². The van der Waals surface area contributed by atoms with Crippen molar-refractivity contribution in [2.75, 3.05) is 0 Å². The fourth-order valence-corrected chi connectivity index (χ4v) is 11.8. The van der Waals surface area contributed by atoms with Gasteiger partial charge in [-0.2, -0.15) is 0 Å². The van der Waals surface area contributed by atoms with Crippen LogP contribution in [0.2, 0.25) is 0 Å². The van der Waals surface area contributed by atoms with Gasteiger partial charge >= 0.3 is 0 Å². The van der Waals surface area contributed by atoms with Crippen molar-refractivity contribution in [3.8, 4) is 11.4 Å². The molecule has 0 bridgehead atoms. The number of pyridine rings is 1. The number of rotatable bonds is 0. The lowest BCUT2D eigenvalue weighted by Gasteiger charge is -2.36. The van der Waals surface area contributed by atoms with Crippen LogP contribution in [-0.2, 0) is 0 Å². The number of fused-ring (bicyclic) bond motifs is 14. The molecular weight excluding hydrogens is 620 g/mol. The third-order valence-electron chi connectivity index (χ3n) is 11.2.